The van der Waals surface area contributed by atoms with Crippen LogP contribution in [-0.2, 0) is 13.6 Å². The molecule has 0 radical (unpaired) electrons. The second kappa shape index (κ2) is 12.6. The van der Waals surface area contributed by atoms with Crippen molar-refractivity contribution >= 4 is 35.3 Å². The first-order valence-electron chi connectivity index (χ1n) is 11.8. The molecule has 7 nitrogen and oxygen atoms in total. The summed E-state index contributed by atoms with van der Waals surface area (Å²) in [5.41, 5.74) is 3.97. The Morgan fingerprint density at radius 3 is 2.75 bits per heavy atom. The van der Waals surface area contributed by atoms with Crippen LogP contribution in [0.4, 0.5) is 0 Å². The van der Waals surface area contributed by atoms with Gasteiger partial charge in [0.25, 0.3) is 0 Å². The number of thiophene rings is 1. The van der Waals surface area contributed by atoms with E-state index < -0.39 is 0 Å². The first-order valence-corrected chi connectivity index (χ1v) is 13.0. The van der Waals surface area contributed by atoms with E-state index in [1.165, 1.54) is 30.6 Å². The van der Waals surface area contributed by atoms with Crippen molar-refractivity contribution in [3.8, 4) is 21.8 Å². The fraction of sp³-hybridized carbons (Fsp3) is 0.259. The van der Waals surface area contributed by atoms with Gasteiger partial charge in [0.1, 0.15) is 11.4 Å². The van der Waals surface area contributed by atoms with Gasteiger partial charge in [0.15, 0.2) is 6.29 Å². The molecule has 1 atom stereocenters. The predicted molar refractivity (Wildman–Crippen MR) is 147 cm³/mol. The zero-order valence-corrected chi connectivity index (χ0v) is 21.8. The zero-order chi connectivity index (χ0) is 25.3. The van der Waals surface area contributed by atoms with Gasteiger partial charge >= 0.3 is 0 Å². The summed E-state index contributed by atoms with van der Waals surface area (Å²) in [6, 6.07) is 12.2. The number of halogens is 1. The molecule has 0 bridgehead atoms. The van der Waals surface area contributed by atoms with Crippen LogP contribution in [0.2, 0.25) is 4.34 Å². The lowest BCUT2D eigenvalue weighted by molar-refractivity contribution is 0.111. The van der Waals surface area contributed by atoms with Crippen molar-refractivity contribution in [1.29, 1.82) is 0 Å². The number of aryl methyl sites for hydroxylation is 1. The number of hydrogen-bond donors (Lipinski definition) is 1. The monoisotopic (exact) mass is 520 g/mol. The molecule has 4 aromatic heterocycles. The summed E-state index contributed by atoms with van der Waals surface area (Å²) in [4.78, 5) is 16.3. The van der Waals surface area contributed by atoms with Crippen LogP contribution >= 0.6 is 22.9 Å². The second-order valence-electron chi connectivity index (χ2n) is 8.37. The van der Waals surface area contributed by atoms with Crippen LogP contribution < -0.4 is 5.32 Å². The first-order chi connectivity index (χ1) is 17.6. The molecule has 1 aliphatic rings. The van der Waals surface area contributed by atoms with E-state index in [1.807, 2.05) is 59.4 Å². The summed E-state index contributed by atoms with van der Waals surface area (Å²) < 4.78 is 4.38. The van der Waals surface area contributed by atoms with Crippen molar-refractivity contribution in [3.63, 3.8) is 0 Å². The Hall–Kier alpha value is -3.33. The van der Waals surface area contributed by atoms with Gasteiger partial charge in [-0.1, -0.05) is 42.8 Å². The van der Waals surface area contributed by atoms with Crippen LogP contribution in [0.25, 0.3) is 27.9 Å². The molecule has 0 aliphatic carbocycles. The van der Waals surface area contributed by atoms with Gasteiger partial charge in [-0.05, 0) is 55.8 Å². The molecular weight excluding hydrogens is 492 g/mol. The van der Waals surface area contributed by atoms with Gasteiger partial charge in [-0.3, -0.25) is 19.1 Å². The van der Waals surface area contributed by atoms with Crippen molar-refractivity contribution in [1.82, 2.24) is 29.9 Å². The minimum atomic E-state index is 0.416. The number of aldehydes is 1. The van der Waals surface area contributed by atoms with Crippen molar-refractivity contribution in [2.45, 2.75) is 31.8 Å². The number of carbonyl (C=O) groups excluding carboxylic acids is 1. The van der Waals surface area contributed by atoms with Gasteiger partial charge in [0.05, 0.1) is 22.3 Å². The maximum absolute atomic E-state index is 11.1. The topological polar surface area (TPSA) is 77.6 Å². The number of nitrogens with zero attached hydrogens (tertiary/aromatic N) is 5. The Morgan fingerprint density at radius 1 is 1.19 bits per heavy atom. The molecule has 186 valence electrons. The molecule has 9 heteroatoms. The molecule has 5 heterocycles. The van der Waals surface area contributed by atoms with E-state index in [9.17, 15) is 4.79 Å². The van der Waals surface area contributed by atoms with Gasteiger partial charge < -0.3 is 5.32 Å². The molecule has 1 fully saturated rings. The summed E-state index contributed by atoms with van der Waals surface area (Å²) in [5.74, 6) is 0. The summed E-state index contributed by atoms with van der Waals surface area (Å²) >= 11 is 7.36. The highest BCUT2D eigenvalue weighted by Crippen LogP contribution is 2.35. The number of hydrogen-bond acceptors (Lipinski definition) is 6. The molecule has 0 spiro atoms. The maximum Gasteiger partial charge on any atom is 0.171 e. The normalized spacial score (nSPS) is 15.4. The number of pyridine rings is 1. The Morgan fingerprint density at radius 2 is 2.08 bits per heavy atom. The standard InChI is InChI=1S/C14H18N4.C13H11ClN2OS/c1-3-8-15-12(5-1)11-18-10-7-14(17-18)13-6-2-4-9-16-13;1-3-4-5-10-13(9(8-17)15-16(10)2)11-6-7-12(14)18-11/h2,4,6-7,9-10,12,15H,1,3,5,8,11H2;3-8H,1H2,2H3/b;5-4-/t12-;/m0./s1. The Labute approximate surface area is 220 Å². The average molecular weight is 521 g/mol. The molecule has 5 rings (SSSR count). The minimum absolute atomic E-state index is 0.416. The van der Waals surface area contributed by atoms with Crippen LogP contribution in [0.15, 0.2) is 67.5 Å². The SMILES string of the molecule is C=C/C=C\c1c(-c2ccc(Cl)s2)c(C=O)nn1C.c1ccc(-c2ccn(C[C@@H]3CCCCN3)n2)nc1. The summed E-state index contributed by atoms with van der Waals surface area (Å²) in [6.45, 7) is 5.72. The van der Waals surface area contributed by atoms with Crippen LogP contribution in [0, 0.1) is 0 Å². The van der Waals surface area contributed by atoms with Crippen LogP contribution in [0.3, 0.4) is 0 Å². The molecule has 0 saturated carbocycles. The molecule has 1 aliphatic heterocycles. The first kappa shape index (κ1) is 25.8. The third-order valence-corrected chi connectivity index (χ3v) is 7.08. The Kier molecular flexibility index (Phi) is 9.00. The van der Waals surface area contributed by atoms with Crippen molar-refractivity contribution in [3.05, 3.63) is 83.2 Å². The van der Waals surface area contributed by atoms with Gasteiger partial charge in [0.2, 0.25) is 0 Å². The number of rotatable bonds is 7. The third kappa shape index (κ3) is 6.46. The molecule has 0 unspecified atom stereocenters. The largest absolute Gasteiger partial charge is 0.312 e. The summed E-state index contributed by atoms with van der Waals surface area (Å²) in [6.07, 6.45) is 13.8. The molecule has 0 aromatic carbocycles. The van der Waals surface area contributed by atoms with Gasteiger partial charge in [-0.2, -0.15) is 10.2 Å². The second-order valence-corrected chi connectivity index (χ2v) is 10.1. The number of nitrogens with one attached hydrogen (secondary N) is 1. The quantitative estimate of drug-likeness (QED) is 0.242. The lowest BCUT2D eigenvalue weighted by atomic mass is 10.1. The van der Waals surface area contributed by atoms with Crippen molar-refractivity contribution in [2.24, 2.45) is 7.05 Å². The van der Waals surface area contributed by atoms with Crippen LogP contribution in [-0.4, -0.2) is 43.4 Å². The third-order valence-electron chi connectivity index (χ3n) is 5.83. The predicted octanol–water partition coefficient (Wildman–Crippen LogP) is 5.90. The molecule has 0 amide bonds. The smallest absolute Gasteiger partial charge is 0.171 e. The number of allylic oxidation sites excluding steroid dienone is 2. The highest BCUT2D eigenvalue weighted by Gasteiger charge is 2.17. The van der Waals surface area contributed by atoms with E-state index in [4.69, 9.17) is 11.6 Å². The molecule has 1 saturated heterocycles. The lowest BCUT2D eigenvalue weighted by Crippen LogP contribution is -2.37. The lowest BCUT2D eigenvalue weighted by Gasteiger charge is -2.23. The number of carbonyl (C=O) groups is 1. The van der Waals surface area contributed by atoms with Crippen molar-refractivity contribution < 1.29 is 4.79 Å². The Balaban J connectivity index is 0.000000169. The van der Waals surface area contributed by atoms with E-state index in [0.717, 1.165) is 46.9 Å². The number of aromatic nitrogens is 5. The Bertz CT molecular complexity index is 1320. The average Bonchev–Trinajstić information content (AvgIpc) is 3.63. The van der Waals surface area contributed by atoms with Crippen LogP contribution in [0.5, 0.6) is 0 Å². The van der Waals surface area contributed by atoms with E-state index in [0.29, 0.717) is 16.1 Å². The zero-order valence-electron chi connectivity index (χ0n) is 20.2. The minimum Gasteiger partial charge on any atom is -0.312 e. The summed E-state index contributed by atoms with van der Waals surface area (Å²) in [5, 5.41) is 12.3. The highest BCUT2D eigenvalue weighted by atomic mass is 35.5. The molecular formula is C27H29ClN6OS. The number of piperidine rings is 1. The van der Waals surface area contributed by atoms with Gasteiger partial charge in [0, 0.05) is 35.9 Å². The van der Waals surface area contributed by atoms with Crippen molar-refractivity contribution in [2.75, 3.05) is 6.54 Å². The summed E-state index contributed by atoms with van der Waals surface area (Å²) in [7, 11) is 1.80. The fourth-order valence-corrected chi connectivity index (χ4v) is 5.22. The van der Waals surface area contributed by atoms with E-state index in [-0.39, 0.29) is 0 Å². The van der Waals surface area contributed by atoms with Crippen LogP contribution in [0.1, 0.15) is 35.4 Å². The van der Waals surface area contributed by atoms with E-state index in [1.54, 1.807) is 24.0 Å². The molecule has 4 aromatic rings. The highest BCUT2D eigenvalue weighted by molar-refractivity contribution is 7.19. The fourth-order valence-electron chi connectivity index (χ4n) is 4.11. The molecule has 1 N–H and O–H groups in total. The maximum atomic E-state index is 11.1. The van der Waals surface area contributed by atoms with Gasteiger partial charge in [-0.15, -0.1) is 11.3 Å². The van der Waals surface area contributed by atoms with Gasteiger partial charge in [-0.25, -0.2) is 0 Å². The van der Waals surface area contributed by atoms with E-state index in [2.05, 4.69) is 27.1 Å². The molecule has 36 heavy (non-hydrogen) atoms. The van der Waals surface area contributed by atoms with E-state index >= 15 is 0 Å².